The molecule has 0 aliphatic carbocycles. The molecular formula is C26H33N3O5S. The molecule has 8 nitrogen and oxygen atoms in total. The summed E-state index contributed by atoms with van der Waals surface area (Å²) in [6.07, 6.45) is 2.82. The molecule has 0 radical (unpaired) electrons. The molecule has 0 spiro atoms. The Balaban J connectivity index is 1.17. The van der Waals surface area contributed by atoms with Crippen molar-refractivity contribution in [3.05, 3.63) is 60.7 Å². The maximum Gasteiger partial charge on any atom is 0.240 e. The zero-order chi connectivity index (χ0) is 24.7. The van der Waals surface area contributed by atoms with Gasteiger partial charge in [0.05, 0.1) is 17.9 Å². The fraction of sp³-hybridized carbons (Fsp3) is 0.462. The van der Waals surface area contributed by atoms with Crippen LogP contribution in [0.4, 0.5) is 0 Å². The summed E-state index contributed by atoms with van der Waals surface area (Å²) in [4.78, 5) is 29.5. The number of hydrogen-bond donors (Lipinski definition) is 1. The highest BCUT2D eigenvalue weighted by Crippen LogP contribution is 2.23. The van der Waals surface area contributed by atoms with Crippen molar-refractivity contribution in [3.8, 4) is 5.75 Å². The highest BCUT2D eigenvalue weighted by atomic mass is 32.2. The molecule has 2 saturated heterocycles. The second-order valence-corrected chi connectivity index (χ2v) is 10.8. The van der Waals surface area contributed by atoms with Gasteiger partial charge in [-0.1, -0.05) is 36.4 Å². The van der Waals surface area contributed by atoms with E-state index in [1.165, 1.54) is 0 Å². The SMILES string of the molecule is O=C(CCOc1ccccc1)N1CCC(C(=O)N2CCC(NS(=O)(=O)c3ccccc3)CC2)CC1. The maximum absolute atomic E-state index is 13.0. The molecule has 2 aromatic carbocycles. The van der Waals surface area contributed by atoms with Gasteiger partial charge in [-0.2, -0.15) is 0 Å². The van der Waals surface area contributed by atoms with Crippen molar-refractivity contribution in [1.82, 2.24) is 14.5 Å². The molecule has 0 bridgehead atoms. The molecule has 35 heavy (non-hydrogen) atoms. The largest absolute Gasteiger partial charge is 0.493 e. The van der Waals surface area contributed by atoms with Crippen molar-refractivity contribution in [2.45, 2.75) is 43.0 Å². The molecule has 2 aromatic rings. The van der Waals surface area contributed by atoms with Crippen molar-refractivity contribution in [1.29, 1.82) is 0 Å². The zero-order valence-electron chi connectivity index (χ0n) is 19.8. The molecule has 9 heteroatoms. The number of ether oxygens (including phenoxy) is 1. The number of benzene rings is 2. The van der Waals surface area contributed by atoms with Crippen LogP contribution in [0, 0.1) is 5.92 Å². The number of nitrogens with zero attached hydrogens (tertiary/aromatic N) is 2. The van der Waals surface area contributed by atoms with Crippen LogP contribution in [0.15, 0.2) is 65.6 Å². The number of likely N-dealkylation sites (tertiary alicyclic amines) is 2. The van der Waals surface area contributed by atoms with Gasteiger partial charge in [0.2, 0.25) is 21.8 Å². The highest BCUT2D eigenvalue weighted by Gasteiger charge is 2.33. The van der Waals surface area contributed by atoms with Gasteiger partial charge >= 0.3 is 0 Å². The van der Waals surface area contributed by atoms with Gasteiger partial charge in [0.1, 0.15) is 5.75 Å². The topological polar surface area (TPSA) is 96.0 Å². The minimum atomic E-state index is -3.55. The second kappa shape index (κ2) is 11.7. The first-order chi connectivity index (χ1) is 16.9. The number of carbonyl (C=O) groups excluding carboxylic acids is 2. The van der Waals surface area contributed by atoms with E-state index < -0.39 is 10.0 Å². The lowest BCUT2D eigenvalue weighted by Gasteiger charge is -2.37. The lowest BCUT2D eigenvalue weighted by Crippen LogP contribution is -2.50. The van der Waals surface area contributed by atoms with Crippen LogP contribution in [-0.2, 0) is 19.6 Å². The van der Waals surface area contributed by atoms with E-state index in [-0.39, 0.29) is 28.7 Å². The number of sulfonamides is 1. The summed E-state index contributed by atoms with van der Waals surface area (Å²) in [5, 5.41) is 0. The first-order valence-corrected chi connectivity index (χ1v) is 13.7. The van der Waals surface area contributed by atoms with Crippen LogP contribution >= 0.6 is 0 Å². The Morgan fingerprint density at radius 3 is 2.03 bits per heavy atom. The minimum Gasteiger partial charge on any atom is -0.493 e. The standard InChI is InChI=1S/C26H33N3O5S/c30-25(15-20-34-23-7-3-1-4-8-23)28-16-11-21(12-17-28)26(31)29-18-13-22(14-19-29)27-35(32,33)24-9-5-2-6-10-24/h1-10,21-22,27H,11-20H2. The van der Waals surface area contributed by atoms with Crippen LogP contribution in [-0.4, -0.2) is 68.9 Å². The molecule has 4 rings (SSSR count). The zero-order valence-corrected chi connectivity index (χ0v) is 20.7. The Morgan fingerprint density at radius 1 is 0.829 bits per heavy atom. The molecule has 2 aliphatic heterocycles. The Bertz CT molecular complexity index is 1080. The van der Waals surface area contributed by atoms with E-state index in [2.05, 4.69) is 4.72 Å². The Morgan fingerprint density at radius 2 is 1.40 bits per heavy atom. The monoisotopic (exact) mass is 499 g/mol. The van der Waals surface area contributed by atoms with Crippen LogP contribution in [0.3, 0.4) is 0 Å². The van der Waals surface area contributed by atoms with E-state index in [1.807, 2.05) is 40.1 Å². The van der Waals surface area contributed by atoms with Gasteiger partial charge < -0.3 is 14.5 Å². The molecule has 0 unspecified atom stereocenters. The van der Waals surface area contributed by atoms with Gasteiger partial charge in [0.15, 0.2) is 0 Å². The van der Waals surface area contributed by atoms with E-state index in [0.29, 0.717) is 64.9 Å². The van der Waals surface area contributed by atoms with Crippen LogP contribution in [0.5, 0.6) is 5.75 Å². The average Bonchev–Trinajstić information content (AvgIpc) is 2.90. The van der Waals surface area contributed by atoms with Gasteiger partial charge in [0, 0.05) is 38.1 Å². The third-order valence-electron chi connectivity index (χ3n) is 6.71. The summed E-state index contributed by atoms with van der Waals surface area (Å²) in [6.45, 7) is 2.57. The first-order valence-electron chi connectivity index (χ1n) is 12.2. The lowest BCUT2D eigenvalue weighted by atomic mass is 9.93. The van der Waals surface area contributed by atoms with E-state index in [9.17, 15) is 18.0 Å². The van der Waals surface area contributed by atoms with Crippen molar-refractivity contribution in [2.24, 2.45) is 5.92 Å². The fourth-order valence-corrected chi connectivity index (χ4v) is 6.00. The average molecular weight is 500 g/mol. The number of rotatable bonds is 8. The smallest absolute Gasteiger partial charge is 0.240 e. The summed E-state index contributed by atoms with van der Waals surface area (Å²) < 4.78 is 33.5. The predicted octanol–water partition coefficient (Wildman–Crippen LogP) is 2.66. The molecule has 0 aromatic heterocycles. The molecule has 188 valence electrons. The molecule has 0 atom stereocenters. The molecule has 2 fully saturated rings. The molecule has 0 saturated carbocycles. The van der Waals surface area contributed by atoms with Crippen molar-refractivity contribution in [3.63, 3.8) is 0 Å². The first kappa shape index (κ1) is 25.2. The molecule has 2 heterocycles. The van der Waals surface area contributed by atoms with Crippen LogP contribution in [0.2, 0.25) is 0 Å². The van der Waals surface area contributed by atoms with Crippen LogP contribution in [0.1, 0.15) is 32.1 Å². The fourth-order valence-electron chi connectivity index (χ4n) is 4.67. The summed E-state index contributed by atoms with van der Waals surface area (Å²) in [5.74, 6) is 0.839. The summed E-state index contributed by atoms with van der Waals surface area (Å²) in [6, 6.07) is 17.6. The third kappa shape index (κ3) is 6.82. The number of carbonyl (C=O) groups is 2. The Kier molecular flexibility index (Phi) is 8.41. The quantitative estimate of drug-likeness (QED) is 0.603. The van der Waals surface area contributed by atoms with Crippen molar-refractivity contribution in [2.75, 3.05) is 32.8 Å². The lowest BCUT2D eigenvalue weighted by molar-refractivity contribution is -0.141. The van der Waals surface area contributed by atoms with E-state index in [4.69, 9.17) is 4.74 Å². The van der Waals surface area contributed by atoms with Gasteiger partial charge in [-0.05, 0) is 49.9 Å². The van der Waals surface area contributed by atoms with Gasteiger partial charge in [-0.25, -0.2) is 13.1 Å². The number of amides is 2. The molecule has 2 aliphatic rings. The number of piperidine rings is 2. The van der Waals surface area contributed by atoms with Crippen LogP contribution < -0.4 is 9.46 Å². The predicted molar refractivity (Wildman–Crippen MR) is 132 cm³/mol. The van der Waals surface area contributed by atoms with Crippen molar-refractivity contribution >= 4 is 21.8 Å². The molecular weight excluding hydrogens is 466 g/mol. The van der Waals surface area contributed by atoms with Gasteiger partial charge in [-0.3, -0.25) is 9.59 Å². The van der Waals surface area contributed by atoms with E-state index in [0.717, 1.165) is 5.75 Å². The van der Waals surface area contributed by atoms with Crippen LogP contribution in [0.25, 0.3) is 0 Å². The second-order valence-electron chi connectivity index (χ2n) is 9.10. The number of nitrogens with one attached hydrogen (secondary N) is 1. The maximum atomic E-state index is 13.0. The number of para-hydroxylation sites is 1. The summed E-state index contributed by atoms with van der Waals surface area (Å²) in [5.41, 5.74) is 0. The Hall–Kier alpha value is -2.91. The van der Waals surface area contributed by atoms with Gasteiger partial charge in [-0.15, -0.1) is 0 Å². The highest BCUT2D eigenvalue weighted by molar-refractivity contribution is 7.89. The van der Waals surface area contributed by atoms with Crippen molar-refractivity contribution < 1.29 is 22.7 Å². The van der Waals surface area contributed by atoms with Gasteiger partial charge in [0.25, 0.3) is 0 Å². The normalized spacial score (nSPS) is 17.8. The van der Waals surface area contributed by atoms with E-state index >= 15 is 0 Å². The summed E-state index contributed by atoms with van der Waals surface area (Å²) in [7, 11) is -3.55. The summed E-state index contributed by atoms with van der Waals surface area (Å²) >= 11 is 0. The Labute approximate surface area is 207 Å². The molecule has 1 N–H and O–H groups in total. The number of hydrogen-bond acceptors (Lipinski definition) is 5. The van der Waals surface area contributed by atoms with E-state index in [1.54, 1.807) is 30.3 Å². The third-order valence-corrected chi connectivity index (χ3v) is 8.24. The molecule has 2 amide bonds. The minimum absolute atomic E-state index is 0.0540.